The highest BCUT2D eigenvalue weighted by Crippen LogP contribution is 2.32. The Labute approximate surface area is 170 Å². The summed E-state index contributed by atoms with van der Waals surface area (Å²) < 4.78 is 29.3. The maximum atomic E-state index is 13.4. The molecule has 0 bridgehead atoms. The van der Waals surface area contributed by atoms with E-state index in [2.05, 4.69) is 0 Å². The number of sulfone groups is 1. The molecule has 0 radical (unpaired) electrons. The van der Waals surface area contributed by atoms with Gasteiger partial charge in [0.25, 0.3) is 5.91 Å². The molecule has 1 aromatic carbocycles. The van der Waals surface area contributed by atoms with E-state index in [9.17, 15) is 13.2 Å². The van der Waals surface area contributed by atoms with E-state index in [-0.39, 0.29) is 23.5 Å². The second-order valence-corrected chi connectivity index (χ2v) is 11.0. The van der Waals surface area contributed by atoms with E-state index < -0.39 is 9.84 Å². The van der Waals surface area contributed by atoms with Gasteiger partial charge in [0.2, 0.25) is 0 Å². The van der Waals surface area contributed by atoms with Crippen molar-refractivity contribution in [3.63, 3.8) is 0 Å². The Morgan fingerprint density at radius 3 is 2.61 bits per heavy atom. The second kappa shape index (κ2) is 7.87. The van der Waals surface area contributed by atoms with Gasteiger partial charge in [0.15, 0.2) is 9.84 Å². The van der Waals surface area contributed by atoms with E-state index in [1.807, 2.05) is 30.3 Å². The lowest BCUT2D eigenvalue weighted by Gasteiger charge is -2.28. The topological polar surface area (TPSA) is 63.7 Å². The quantitative estimate of drug-likeness (QED) is 0.745. The Bertz CT molecular complexity index is 939. The summed E-state index contributed by atoms with van der Waals surface area (Å²) in [4.78, 5) is 17.2. The van der Waals surface area contributed by atoms with Crippen molar-refractivity contribution >= 4 is 27.1 Å². The molecule has 0 spiro atoms. The van der Waals surface area contributed by atoms with Gasteiger partial charge in [-0.2, -0.15) is 0 Å². The van der Waals surface area contributed by atoms with Crippen molar-refractivity contribution in [3.05, 3.63) is 51.2 Å². The Morgan fingerprint density at radius 2 is 1.96 bits per heavy atom. The van der Waals surface area contributed by atoms with Crippen LogP contribution in [0.2, 0.25) is 0 Å². The van der Waals surface area contributed by atoms with Gasteiger partial charge in [0.1, 0.15) is 5.75 Å². The molecular weight excluding hydrogens is 394 g/mol. The van der Waals surface area contributed by atoms with E-state index in [1.54, 1.807) is 23.3 Å². The number of benzene rings is 1. The standard InChI is InChI=1S/C21H25NO4S2/c1-26-18-8-6-15(7-9-18)13-22(17-10-11-28(24,25)14-17)21(23)20-12-16-4-2-3-5-19(16)27-20/h6-9,12,17H,2-5,10-11,13-14H2,1H3/t17-/m1/s1. The molecule has 5 nitrogen and oxygen atoms in total. The fraction of sp³-hybridized carbons (Fsp3) is 0.476. The molecule has 0 N–H and O–H groups in total. The molecule has 0 unspecified atom stereocenters. The molecule has 1 fully saturated rings. The molecule has 2 aromatic rings. The molecule has 28 heavy (non-hydrogen) atoms. The summed E-state index contributed by atoms with van der Waals surface area (Å²) in [7, 11) is -1.45. The Morgan fingerprint density at radius 1 is 1.21 bits per heavy atom. The number of ether oxygens (including phenoxy) is 1. The van der Waals surface area contributed by atoms with Gasteiger partial charge < -0.3 is 9.64 Å². The van der Waals surface area contributed by atoms with Crippen LogP contribution in [0.25, 0.3) is 0 Å². The lowest BCUT2D eigenvalue weighted by Crippen LogP contribution is -2.40. The molecule has 150 valence electrons. The maximum Gasteiger partial charge on any atom is 0.264 e. The lowest BCUT2D eigenvalue weighted by atomic mass is 9.99. The average Bonchev–Trinajstić information content (AvgIpc) is 3.29. The zero-order valence-corrected chi connectivity index (χ0v) is 17.7. The van der Waals surface area contributed by atoms with Crippen LogP contribution in [0.3, 0.4) is 0 Å². The van der Waals surface area contributed by atoms with Crippen LogP contribution in [0.4, 0.5) is 0 Å². The minimum Gasteiger partial charge on any atom is -0.497 e. The van der Waals surface area contributed by atoms with Gasteiger partial charge in [0.05, 0.1) is 23.5 Å². The van der Waals surface area contributed by atoms with Gasteiger partial charge in [-0.05, 0) is 61.4 Å². The first-order valence-corrected chi connectivity index (χ1v) is 12.3. The van der Waals surface area contributed by atoms with E-state index in [0.29, 0.717) is 13.0 Å². The number of amides is 1. The van der Waals surface area contributed by atoms with Crippen molar-refractivity contribution in [2.45, 2.75) is 44.7 Å². The zero-order chi connectivity index (χ0) is 19.7. The molecule has 1 aliphatic carbocycles. The Balaban J connectivity index is 1.61. The number of rotatable bonds is 5. The van der Waals surface area contributed by atoms with Crippen molar-refractivity contribution in [1.29, 1.82) is 0 Å². The van der Waals surface area contributed by atoms with Crippen molar-refractivity contribution in [2.24, 2.45) is 0 Å². The first kappa shape index (κ1) is 19.5. The number of aryl methyl sites for hydroxylation is 2. The molecule has 1 aliphatic heterocycles. The molecule has 0 saturated carbocycles. The number of fused-ring (bicyclic) bond motifs is 1. The number of nitrogens with zero attached hydrogens (tertiary/aromatic N) is 1. The summed E-state index contributed by atoms with van der Waals surface area (Å²) in [5.74, 6) is 0.929. The summed E-state index contributed by atoms with van der Waals surface area (Å²) in [6.45, 7) is 0.408. The minimum atomic E-state index is -3.07. The van der Waals surface area contributed by atoms with Gasteiger partial charge in [-0.25, -0.2) is 8.42 Å². The van der Waals surface area contributed by atoms with Gasteiger partial charge in [-0.3, -0.25) is 4.79 Å². The number of hydrogen-bond donors (Lipinski definition) is 0. The number of methoxy groups -OCH3 is 1. The Hall–Kier alpha value is -1.86. The second-order valence-electron chi connectivity index (χ2n) is 7.60. The molecule has 7 heteroatoms. The normalized spacial score (nSPS) is 20.5. The number of carbonyl (C=O) groups is 1. The smallest absolute Gasteiger partial charge is 0.264 e. The van der Waals surface area contributed by atoms with Crippen LogP contribution in [-0.2, 0) is 29.2 Å². The van der Waals surface area contributed by atoms with Crippen molar-refractivity contribution in [1.82, 2.24) is 4.90 Å². The molecule has 1 atom stereocenters. The van der Waals surface area contributed by atoms with Crippen LogP contribution < -0.4 is 4.74 Å². The van der Waals surface area contributed by atoms with Gasteiger partial charge in [0, 0.05) is 17.5 Å². The summed E-state index contributed by atoms with van der Waals surface area (Å²) >= 11 is 1.59. The highest BCUT2D eigenvalue weighted by atomic mass is 32.2. The van der Waals surface area contributed by atoms with Gasteiger partial charge in [-0.1, -0.05) is 12.1 Å². The van der Waals surface area contributed by atoms with Gasteiger partial charge in [-0.15, -0.1) is 11.3 Å². The average molecular weight is 420 g/mol. The third kappa shape index (κ3) is 4.10. The third-order valence-corrected chi connectivity index (χ3v) is 8.60. The highest BCUT2D eigenvalue weighted by molar-refractivity contribution is 7.91. The van der Waals surface area contributed by atoms with E-state index in [4.69, 9.17) is 4.74 Å². The first-order chi connectivity index (χ1) is 13.4. The summed E-state index contributed by atoms with van der Waals surface area (Å²) in [5.41, 5.74) is 2.27. The molecule has 4 rings (SSSR count). The summed E-state index contributed by atoms with van der Waals surface area (Å²) in [5, 5.41) is 0. The van der Waals surface area contributed by atoms with E-state index in [1.165, 1.54) is 23.3 Å². The molecular formula is C21H25NO4S2. The molecule has 1 saturated heterocycles. The Kier molecular flexibility index (Phi) is 5.47. The molecule has 2 aliphatic rings. The maximum absolute atomic E-state index is 13.4. The number of thiophene rings is 1. The molecule has 1 amide bonds. The van der Waals surface area contributed by atoms with Crippen LogP contribution in [-0.4, -0.2) is 43.9 Å². The van der Waals surface area contributed by atoms with Crippen molar-refractivity contribution in [2.75, 3.05) is 18.6 Å². The number of hydrogen-bond acceptors (Lipinski definition) is 5. The predicted molar refractivity (Wildman–Crippen MR) is 111 cm³/mol. The largest absolute Gasteiger partial charge is 0.497 e. The van der Waals surface area contributed by atoms with Crippen LogP contribution in [0.5, 0.6) is 5.75 Å². The highest BCUT2D eigenvalue weighted by Gasteiger charge is 2.35. The lowest BCUT2D eigenvalue weighted by molar-refractivity contribution is 0.0686. The predicted octanol–water partition coefficient (Wildman–Crippen LogP) is 3.47. The SMILES string of the molecule is COc1ccc(CN(C(=O)c2cc3c(s2)CCCC3)[C@@H]2CCS(=O)(=O)C2)cc1. The number of carbonyl (C=O) groups excluding carboxylic acids is 1. The monoisotopic (exact) mass is 419 g/mol. The van der Waals surface area contributed by atoms with Crippen LogP contribution in [0, 0.1) is 0 Å². The van der Waals surface area contributed by atoms with Crippen molar-refractivity contribution < 1.29 is 17.9 Å². The molecule has 1 aromatic heterocycles. The van der Waals surface area contributed by atoms with Gasteiger partial charge >= 0.3 is 0 Å². The first-order valence-electron chi connectivity index (χ1n) is 9.71. The zero-order valence-electron chi connectivity index (χ0n) is 16.0. The van der Waals surface area contributed by atoms with Crippen molar-refractivity contribution in [3.8, 4) is 5.75 Å². The summed E-state index contributed by atoms with van der Waals surface area (Å²) in [6.07, 6.45) is 4.94. The van der Waals surface area contributed by atoms with Crippen LogP contribution >= 0.6 is 11.3 Å². The van der Waals surface area contributed by atoms with Crippen LogP contribution in [0.15, 0.2) is 30.3 Å². The fourth-order valence-electron chi connectivity index (χ4n) is 4.05. The molecule has 2 heterocycles. The van der Waals surface area contributed by atoms with Crippen LogP contribution in [0.1, 0.15) is 44.9 Å². The summed E-state index contributed by atoms with van der Waals surface area (Å²) in [6, 6.07) is 9.37. The third-order valence-electron chi connectivity index (χ3n) is 5.63. The van der Waals surface area contributed by atoms with E-state index >= 15 is 0 Å². The van der Waals surface area contributed by atoms with E-state index in [0.717, 1.165) is 29.0 Å². The fourth-order valence-corrected chi connectivity index (χ4v) is 6.99. The minimum absolute atomic E-state index is 0.0441.